The molecule has 1 aliphatic heterocycles. The SMILES string of the molecule is Cc1ccccc1CCCOCC1CO1. The molecule has 0 amide bonds. The summed E-state index contributed by atoms with van der Waals surface area (Å²) in [6, 6.07) is 8.54. The second kappa shape index (κ2) is 5.29. The summed E-state index contributed by atoms with van der Waals surface area (Å²) in [6.45, 7) is 4.66. The molecule has 0 aliphatic carbocycles. The van der Waals surface area contributed by atoms with E-state index >= 15 is 0 Å². The molecule has 1 aromatic rings. The Bertz CT molecular complexity index is 305. The Kier molecular flexibility index (Phi) is 3.75. The van der Waals surface area contributed by atoms with Crippen molar-refractivity contribution in [1.29, 1.82) is 0 Å². The minimum Gasteiger partial charge on any atom is -0.379 e. The average molecular weight is 206 g/mol. The first kappa shape index (κ1) is 10.7. The summed E-state index contributed by atoms with van der Waals surface area (Å²) in [6.07, 6.45) is 2.60. The van der Waals surface area contributed by atoms with Gasteiger partial charge in [-0.3, -0.25) is 0 Å². The Hall–Kier alpha value is -0.860. The first-order valence-electron chi connectivity index (χ1n) is 5.60. The van der Waals surface area contributed by atoms with E-state index in [2.05, 4.69) is 31.2 Å². The summed E-state index contributed by atoms with van der Waals surface area (Å²) in [4.78, 5) is 0. The number of benzene rings is 1. The summed E-state index contributed by atoms with van der Waals surface area (Å²) < 4.78 is 10.6. The molecule has 0 N–H and O–H groups in total. The Morgan fingerprint density at radius 2 is 2.20 bits per heavy atom. The lowest BCUT2D eigenvalue weighted by atomic mass is 10.0. The van der Waals surface area contributed by atoms with E-state index in [4.69, 9.17) is 9.47 Å². The van der Waals surface area contributed by atoms with Gasteiger partial charge in [0.1, 0.15) is 6.10 Å². The van der Waals surface area contributed by atoms with Crippen molar-refractivity contribution in [3.05, 3.63) is 35.4 Å². The second-order valence-electron chi connectivity index (χ2n) is 4.06. The van der Waals surface area contributed by atoms with Gasteiger partial charge in [-0.1, -0.05) is 24.3 Å². The third kappa shape index (κ3) is 3.65. The molecule has 0 spiro atoms. The van der Waals surface area contributed by atoms with Crippen molar-refractivity contribution in [2.45, 2.75) is 25.9 Å². The van der Waals surface area contributed by atoms with Crippen molar-refractivity contribution < 1.29 is 9.47 Å². The van der Waals surface area contributed by atoms with Crippen LogP contribution in [0, 0.1) is 6.92 Å². The quantitative estimate of drug-likeness (QED) is 0.526. The first-order chi connectivity index (χ1) is 7.36. The molecule has 1 unspecified atom stereocenters. The molecule has 2 nitrogen and oxygen atoms in total. The van der Waals surface area contributed by atoms with Crippen molar-refractivity contribution >= 4 is 0 Å². The fourth-order valence-electron chi connectivity index (χ4n) is 1.63. The largest absolute Gasteiger partial charge is 0.379 e. The van der Waals surface area contributed by atoms with E-state index in [1.54, 1.807) is 0 Å². The van der Waals surface area contributed by atoms with E-state index in [0.717, 1.165) is 32.7 Å². The van der Waals surface area contributed by atoms with Crippen LogP contribution in [0.5, 0.6) is 0 Å². The molecule has 0 saturated carbocycles. The van der Waals surface area contributed by atoms with Gasteiger partial charge >= 0.3 is 0 Å². The number of ether oxygens (including phenoxy) is 2. The zero-order chi connectivity index (χ0) is 10.5. The monoisotopic (exact) mass is 206 g/mol. The molecule has 2 heteroatoms. The molecule has 1 aliphatic rings. The molecule has 1 fully saturated rings. The Morgan fingerprint density at radius 1 is 1.40 bits per heavy atom. The fraction of sp³-hybridized carbons (Fsp3) is 0.538. The van der Waals surface area contributed by atoms with Gasteiger partial charge < -0.3 is 9.47 Å². The number of epoxide rings is 1. The molecular weight excluding hydrogens is 188 g/mol. The smallest absolute Gasteiger partial charge is 0.104 e. The maximum atomic E-state index is 5.49. The average Bonchev–Trinajstić information content (AvgIpc) is 3.04. The molecule has 82 valence electrons. The highest BCUT2D eigenvalue weighted by molar-refractivity contribution is 5.25. The highest BCUT2D eigenvalue weighted by Crippen LogP contribution is 2.11. The van der Waals surface area contributed by atoms with Crippen molar-refractivity contribution in [2.24, 2.45) is 0 Å². The van der Waals surface area contributed by atoms with E-state index in [1.165, 1.54) is 11.1 Å². The molecule has 1 atom stereocenters. The molecule has 15 heavy (non-hydrogen) atoms. The maximum Gasteiger partial charge on any atom is 0.104 e. The van der Waals surface area contributed by atoms with Gasteiger partial charge in [0.15, 0.2) is 0 Å². The summed E-state index contributed by atoms with van der Waals surface area (Å²) in [5.41, 5.74) is 2.81. The predicted molar refractivity (Wildman–Crippen MR) is 60.1 cm³/mol. The third-order valence-electron chi connectivity index (χ3n) is 2.70. The van der Waals surface area contributed by atoms with Crippen LogP contribution in [0.25, 0.3) is 0 Å². The number of rotatable bonds is 6. The van der Waals surface area contributed by atoms with Gasteiger partial charge in [0, 0.05) is 6.61 Å². The van der Waals surface area contributed by atoms with Gasteiger partial charge in [0.25, 0.3) is 0 Å². The van der Waals surface area contributed by atoms with Gasteiger partial charge in [-0.05, 0) is 30.9 Å². The zero-order valence-electron chi connectivity index (χ0n) is 9.24. The van der Waals surface area contributed by atoms with Crippen LogP contribution in [0.1, 0.15) is 17.5 Å². The van der Waals surface area contributed by atoms with Crippen LogP contribution in [0.3, 0.4) is 0 Å². The highest BCUT2D eigenvalue weighted by Gasteiger charge is 2.21. The van der Waals surface area contributed by atoms with Crippen LogP contribution in [-0.2, 0) is 15.9 Å². The van der Waals surface area contributed by atoms with Crippen LogP contribution in [-0.4, -0.2) is 25.9 Å². The van der Waals surface area contributed by atoms with E-state index in [1.807, 2.05) is 0 Å². The number of aryl methyl sites for hydroxylation is 2. The minimum atomic E-state index is 0.392. The zero-order valence-corrected chi connectivity index (χ0v) is 9.24. The molecule has 0 bridgehead atoms. The van der Waals surface area contributed by atoms with Crippen molar-refractivity contribution in [2.75, 3.05) is 19.8 Å². The van der Waals surface area contributed by atoms with Crippen LogP contribution in [0.2, 0.25) is 0 Å². The topological polar surface area (TPSA) is 21.8 Å². The Balaban J connectivity index is 1.62. The summed E-state index contributed by atoms with van der Waals surface area (Å²) in [5.74, 6) is 0. The molecule has 1 heterocycles. The third-order valence-corrected chi connectivity index (χ3v) is 2.70. The highest BCUT2D eigenvalue weighted by atomic mass is 16.6. The summed E-state index contributed by atoms with van der Waals surface area (Å²) in [7, 11) is 0. The van der Waals surface area contributed by atoms with E-state index < -0.39 is 0 Å². The van der Waals surface area contributed by atoms with E-state index in [-0.39, 0.29) is 0 Å². The van der Waals surface area contributed by atoms with E-state index in [9.17, 15) is 0 Å². The van der Waals surface area contributed by atoms with Crippen molar-refractivity contribution in [3.8, 4) is 0 Å². The first-order valence-corrected chi connectivity index (χ1v) is 5.60. The van der Waals surface area contributed by atoms with Crippen molar-refractivity contribution in [1.82, 2.24) is 0 Å². The molecule has 1 saturated heterocycles. The minimum absolute atomic E-state index is 0.392. The van der Waals surface area contributed by atoms with Gasteiger partial charge in [0.2, 0.25) is 0 Å². The normalized spacial score (nSPS) is 19.1. The van der Waals surface area contributed by atoms with Gasteiger partial charge in [-0.25, -0.2) is 0 Å². The second-order valence-corrected chi connectivity index (χ2v) is 4.06. The van der Waals surface area contributed by atoms with Crippen LogP contribution in [0.4, 0.5) is 0 Å². The Morgan fingerprint density at radius 3 is 2.93 bits per heavy atom. The molecule has 1 aromatic carbocycles. The van der Waals surface area contributed by atoms with E-state index in [0.29, 0.717) is 6.10 Å². The van der Waals surface area contributed by atoms with Gasteiger partial charge in [-0.15, -0.1) is 0 Å². The van der Waals surface area contributed by atoms with Crippen molar-refractivity contribution in [3.63, 3.8) is 0 Å². The number of hydrogen-bond acceptors (Lipinski definition) is 2. The fourth-order valence-corrected chi connectivity index (χ4v) is 1.63. The van der Waals surface area contributed by atoms with Gasteiger partial charge in [-0.2, -0.15) is 0 Å². The Labute approximate surface area is 91.2 Å². The van der Waals surface area contributed by atoms with Gasteiger partial charge in [0.05, 0.1) is 13.2 Å². The van der Waals surface area contributed by atoms with Crippen LogP contribution in [0.15, 0.2) is 24.3 Å². The lowest BCUT2D eigenvalue weighted by Gasteiger charge is -2.05. The van der Waals surface area contributed by atoms with Crippen LogP contribution < -0.4 is 0 Å². The summed E-state index contributed by atoms with van der Waals surface area (Å²) in [5, 5.41) is 0. The lowest BCUT2D eigenvalue weighted by Crippen LogP contribution is -2.03. The standard InChI is InChI=1S/C13H18O2/c1-11-5-2-3-6-12(11)7-4-8-14-9-13-10-15-13/h2-3,5-6,13H,4,7-10H2,1H3. The molecule has 0 radical (unpaired) electrons. The maximum absolute atomic E-state index is 5.49. The lowest BCUT2D eigenvalue weighted by molar-refractivity contribution is 0.114. The summed E-state index contributed by atoms with van der Waals surface area (Å²) >= 11 is 0. The predicted octanol–water partition coefficient (Wildman–Crippen LogP) is 2.34. The molecule has 0 aromatic heterocycles. The number of hydrogen-bond donors (Lipinski definition) is 0. The van der Waals surface area contributed by atoms with Crippen LogP contribution >= 0.6 is 0 Å². The molecule has 2 rings (SSSR count). The molecular formula is C13H18O2.